The summed E-state index contributed by atoms with van der Waals surface area (Å²) in [6, 6.07) is 3.69. The van der Waals surface area contributed by atoms with Gasteiger partial charge in [-0.25, -0.2) is 4.98 Å². The number of aromatic nitrogens is 5. The lowest BCUT2D eigenvalue weighted by atomic mass is 10.1. The zero-order valence-corrected chi connectivity index (χ0v) is 13.1. The molecule has 0 saturated carbocycles. The van der Waals surface area contributed by atoms with Gasteiger partial charge in [0.15, 0.2) is 10.7 Å². The largest absolute Gasteiger partial charge is 0.466 e. The molecule has 3 aromatic heterocycles. The van der Waals surface area contributed by atoms with Crippen molar-refractivity contribution in [1.82, 2.24) is 24.8 Å². The lowest BCUT2D eigenvalue weighted by Crippen LogP contribution is -2.18. The van der Waals surface area contributed by atoms with Crippen molar-refractivity contribution >= 4 is 23.0 Å². The van der Waals surface area contributed by atoms with Gasteiger partial charge in [0.05, 0.1) is 18.2 Å². The molecule has 7 nitrogen and oxygen atoms in total. The van der Waals surface area contributed by atoms with Gasteiger partial charge in [0, 0.05) is 18.0 Å². The molecule has 114 valence electrons. The van der Waals surface area contributed by atoms with Crippen molar-refractivity contribution in [2.45, 2.75) is 20.3 Å². The van der Waals surface area contributed by atoms with Gasteiger partial charge in [-0.05, 0) is 19.1 Å². The van der Waals surface area contributed by atoms with Gasteiger partial charge in [0.25, 0.3) is 0 Å². The van der Waals surface area contributed by atoms with Crippen LogP contribution in [0.15, 0.2) is 23.7 Å². The van der Waals surface area contributed by atoms with E-state index in [0.29, 0.717) is 24.5 Å². The van der Waals surface area contributed by atoms with E-state index in [1.807, 2.05) is 24.4 Å². The van der Waals surface area contributed by atoms with Crippen molar-refractivity contribution in [2.24, 2.45) is 5.92 Å². The molecule has 3 aromatic rings. The number of fused-ring (bicyclic) bond motifs is 1. The van der Waals surface area contributed by atoms with Gasteiger partial charge >= 0.3 is 5.97 Å². The van der Waals surface area contributed by atoms with Crippen molar-refractivity contribution in [1.29, 1.82) is 0 Å². The average molecular weight is 317 g/mol. The maximum atomic E-state index is 11.7. The molecule has 0 amide bonds. The second kappa shape index (κ2) is 6.18. The van der Waals surface area contributed by atoms with Gasteiger partial charge in [-0.1, -0.05) is 6.92 Å². The van der Waals surface area contributed by atoms with E-state index in [1.54, 1.807) is 17.6 Å². The van der Waals surface area contributed by atoms with Crippen LogP contribution in [-0.4, -0.2) is 37.4 Å². The van der Waals surface area contributed by atoms with Crippen LogP contribution in [-0.2, 0) is 16.0 Å². The van der Waals surface area contributed by atoms with E-state index in [2.05, 4.69) is 20.3 Å². The summed E-state index contributed by atoms with van der Waals surface area (Å²) in [5, 5.41) is 15.4. The standard InChI is InChI=1S/C14H15N5O2S/c1-3-21-14(20)9(2)8-10-4-5-11-16-17-12(19(11)18-10)13-15-6-7-22-13/h4-7,9H,3,8H2,1-2H3. The molecule has 0 spiro atoms. The van der Waals surface area contributed by atoms with Crippen molar-refractivity contribution in [3.05, 3.63) is 29.4 Å². The highest BCUT2D eigenvalue weighted by atomic mass is 32.1. The Bertz CT molecular complexity index is 784. The molecule has 0 saturated heterocycles. The molecule has 0 aliphatic rings. The van der Waals surface area contributed by atoms with Crippen LogP contribution < -0.4 is 0 Å². The van der Waals surface area contributed by atoms with Crippen molar-refractivity contribution < 1.29 is 9.53 Å². The third-order valence-electron chi connectivity index (χ3n) is 3.15. The minimum absolute atomic E-state index is 0.215. The topological polar surface area (TPSA) is 82.3 Å². The molecule has 0 aromatic carbocycles. The number of esters is 1. The molecule has 1 atom stereocenters. The minimum atomic E-state index is -0.246. The first-order valence-electron chi connectivity index (χ1n) is 6.97. The molecule has 1 unspecified atom stereocenters. The van der Waals surface area contributed by atoms with Crippen molar-refractivity contribution in [2.75, 3.05) is 6.61 Å². The lowest BCUT2D eigenvalue weighted by Gasteiger charge is -2.09. The number of hydrogen-bond donors (Lipinski definition) is 0. The van der Waals surface area contributed by atoms with E-state index < -0.39 is 0 Å². The molecular weight excluding hydrogens is 302 g/mol. The van der Waals surface area contributed by atoms with Crippen molar-refractivity contribution in [3.63, 3.8) is 0 Å². The van der Waals surface area contributed by atoms with E-state index in [0.717, 1.165) is 10.7 Å². The Morgan fingerprint density at radius 2 is 2.27 bits per heavy atom. The van der Waals surface area contributed by atoms with Crippen LogP contribution >= 0.6 is 11.3 Å². The first kappa shape index (κ1) is 14.6. The maximum Gasteiger partial charge on any atom is 0.309 e. The van der Waals surface area contributed by atoms with Crippen LogP contribution in [0.4, 0.5) is 0 Å². The Kier molecular flexibility index (Phi) is 4.10. The van der Waals surface area contributed by atoms with Crippen LogP contribution in [0.25, 0.3) is 16.5 Å². The highest BCUT2D eigenvalue weighted by molar-refractivity contribution is 7.13. The van der Waals surface area contributed by atoms with Gasteiger partial charge in [-0.3, -0.25) is 4.79 Å². The first-order chi connectivity index (χ1) is 10.7. The third-order valence-corrected chi connectivity index (χ3v) is 3.91. The van der Waals surface area contributed by atoms with E-state index in [1.165, 1.54) is 11.3 Å². The van der Waals surface area contributed by atoms with Gasteiger partial charge in [0.1, 0.15) is 0 Å². The third kappa shape index (κ3) is 2.82. The van der Waals surface area contributed by atoms with Crippen LogP contribution in [0.3, 0.4) is 0 Å². The van der Waals surface area contributed by atoms with Crippen LogP contribution in [0.1, 0.15) is 19.5 Å². The number of nitrogens with zero attached hydrogens (tertiary/aromatic N) is 5. The number of carbonyl (C=O) groups excluding carboxylic acids is 1. The summed E-state index contributed by atoms with van der Waals surface area (Å²) in [6.07, 6.45) is 2.22. The predicted octanol–water partition coefficient (Wildman–Crippen LogP) is 1.99. The van der Waals surface area contributed by atoms with Crippen LogP contribution in [0, 0.1) is 5.92 Å². The van der Waals surface area contributed by atoms with E-state index in [4.69, 9.17) is 4.74 Å². The van der Waals surface area contributed by atoms with E-state index >= 15 is 0 Å². The Morgan fingerprint density at radius 3 is 3.00 bits per heavy atom. The molecule has 0 N–H and O–H groups in total. The molecule has 0 fully saturated rings. The molecule has 3 rings (SSSR count). The van der Waals surface area contributed by atoms with Gasteiger partial charge < -0.3 is 4.74 Å². The number of carbonyl (C=O) groups is 1. The molecule has 8 heteroatoms. The fourth-order valence-electron chi connectivity index (χ4n) is 2.08. The fraction of sp³-hybridized carbons (Fsp3) is 0.357. The maximum absolute atomic E-state index is 11.7. The number of rotatable bonds is 5. The summed E-state index contributed by atoms with van der Waals surface area (Å²) in [6.45, 7) is 4.01. The predicted molar refractivity (Wildman–Crippen MR) is 81.4 cm³/mol. The molecule has 0 aliphatic carbocycles. The molecule has 22 heavy (non-hydrogen) atoms. The smallest absolute Gasteiger partial charge is 0.309 e. The normalized spacial score (nSPS) is 12.5. The van der Waals surface area contributed by atoms with E-state index in [-0.39, 0.29) is 11.9 Å². The second-order valence-corrected chi connectivity index (χ2v) is 5.71. The Balaban J connectivity index is 1.89. The summed E-state index contributed by atoms with van der Waals surface area (Å²) in [7, 11) is 0. The summed E-state index contributed by atoms with van der Waals surface area (Å²) in [4.78, 5) is 16.0. The fourth-order valence-corrected chi connectivity index (χ4v) is 2.69. The molecular formula is C14H15N5O2S. The minimum Gasteiger partial charge on any atom is -0.466 e. The quantitative estimate of drug-likeness (QED) is 0.669. The Labute approximate surface area is 131 Å². The summed E-state index contributed by atoms with van der Waals surface area (Å²) in [5.74, 6) is 0.147. The molecule has 0 bridgehead atoms. The van der Waals surface area contributed by atoms with E-state index in [9.17, 15) is 4.79 Å². The summed E-state index contributed by atoms with van der Waals surface area (Å²) >= 11 is 1.48. The van der Waals surface area contributed by atoms with Crippen LogP contribution in [0.5, 0.6) is 0 Å². The summed E-state index contributed by atoms with van der Waals surface area (Å²) < 4.78 is 6.68. The molecule has 0 aliphatic heterocycles. The Hall–Kier alpha value is -2.35. The monoisotopic (exact) mass is 317 g/mol. The number of thiazole rings is 1. The zero-order valence-electron chi connectivity index (χ0n) is 12.3. The Morgan fingerprint density at radius 1 is 1.41 bits per heavy atom. The second-order valence-electron chi connectivity index (χ2n) is 4.81. The van der Waals surface area contributed by atoms with Gasteiger partial charge in [-0.15, -0.1) is 21.5 Å². The number of ether oxygens (including phenoxy) is 1. The number of hydrogen-bond acceptors (Lipinski definition) is 7. The average Bonchev–Trinajstić information content (AvgIpc) is 3.15. The molecule has 0 radical (unpaired) electrons. The van der Waals surface area contributed by atoms with Gasteiger partial charge in [-0.2, -0.15) is 9.61 Å². The van der Waals surface area contributed by atoms with Crippen molar-refractivity contribution in [3.8, 4) is 10.8 Å². The van der Waals surface area contributed by atoms with Crippen LogP contribution in [0.2, 0.25) is 0 Å². The zero-order chi connectivity index (χ0) is 15.5. The lowest BCUT2D eigenvalue weighted by molar-refractivity contribution is -0.147. The first-order valence-corrected chi connectivity index (χ1v) is 7.85. The highest BCUT2D eigenvalue weighted by Gasteiger charge is 2.17. The van der Waals surface area contributed by atoms with Gasteiger partial charge in [0.2, 0.25) is 5.82 Å². The summed E-state index contributed by atoms with van der Waals surface area (Å²) in [5.41, 5.74) is 1.43. The SMILES string of the molecule is CCOC(=O)C(C)Cc1ccc2nnc(-c3nccs3)n2n1. The highest BCUT2D eigenvalue weighted by Crippen LogP contribution is 2.20. The molecule has 3 heterocycles.